The van der Waals surface area contributed by atoms with Crippen LogP contribution in [-0.2, 0) is 0 Å². The Labute approximate surface area is 109 Å². The lowest BCUT2D eigenvalue weighted by atomic mass is 10.1. The van der Waals surface area contributed by atoms with Gasteiger partial charge in [0.2, 0.25) is 0 Å². The largest absolute Gasteiger partial charge is 0.492 e. The molecule has 3 heteroatoms. The molecule has 0 radical (unpaired) electrons. The first-order valence-corrected chi connectivity index (χ1v) is 6.66. The zero-order chi connectivity index (χ0) is 12.3. The third kappa shape index (κ3) is 3.36. The monoisotopic (exact) mass is 253 g/mol. The van der Waals surface area contributed by atoms with Crippen molar-refractivity contribution in [3.05, 3.63) is 28.3 Å². The minimum Gasteiger partial charge on any atom is -0.492 e. The molecule has 1 fully saturated rings. The number of hydrogen-bond acceptors (Lipinski definition) is 2. The summed E-state index contributed by atoms with van der Waals surface area (Å²) in [5.74, 6) is 0.934. The molecule has 1 aliphatic heterocycles. The summed E-state index contributed by atoms with van der Waals surface area (Å²) in [6, 6.07) is 4.03. The topological polar surface area (TPSA) is 12.5 Å². The zero-order valence-electron chi connectivity index (χ0n) is 10.6. The van der Waals surface area contributed by atoms with Crippen molar-refractivity contribution in [2.45, 2.75) is 26.7 Å². The van der Waals surface area contributed by atoms with Gasteiger partial charge in [0, 0.05) is 11.6 Å². The quantitative estimate of drug-likeness (QED) is 0.815. The van der Waals surface area contributed by atoms with Gasteiger partial charge in [-0.05, 0) is 63.0 Å². The van der Waals surface area contributed by atoms with Gasteiger partial charge < -0.3 is 4.74 Å². The molecule has 0 aromatic heterocycles. The van der Waals surface area contributed by atoms with Gasteiger partial charge in [0.1, 0.15) is 12.4 Å². The third-order valence-corrected chi connectivity index (χ3v) is 3.88. The Morgan fingerprint density at radius 2 is 1.76 bits per heavy atom. The first-order valence-electron chi connectivity index (χ1n) is 6.29. The molecule has 0 spiro atoms. The van der Waals surface area contributed by atoms with E-state index in [0.29, 0.717) is 0 Å². The van der Waals surface area contributed by atoms with Gasteiger partial charge in [-0.25, -0.2) is 0 Å². The number of likely N-dealkylation sites (tertiary alicyclic amines) is 1. The summed E-state index contributed by atoms with van der Waals surface area (Å²) in [5, 5.41) is 0.844. The molecule has 2 rings (SSSR count). The van der Waals surface area contributed by atoms with Crippen molar-refractivity contribution in [1.82, 2.24) is 4.90 Å². The lowest BCUT2D eigenvalue weighted by Gasteiger charge is -2.15. The van der Waals surface area contributed by atoms with Crippen LogP contribution in [0.25, 0.3) is 0 Å². The van der Waals surface area contributed by atoms with Gasteiger partial charge >= 0.3 is 0 Å². The highest BCUT2D eigenvalue weighted by atomic mass is 35.5. The fourth-order valence-electron chi connectivity index (χ4n) is 2.29. The average Bonchev–Trinajstić information content (AvgIpc) is 2.79. The molecule has 0 aliphatic carbocycles. The summed E-state index contributed by atoms with van der Waals surface area (Å²) in [7, 11) is 0. The molecule has 0 atom stereocenters. The van der Waals surface area contributed by atoms with Crippen LogP contribution >= 0.6 is 11.6 Å². The molecule has 0 saturated carbocycles. The summed E-state index contributed by atoms with van der Waals surface area (Å²) in [6.07, 6.45) is 2.67. The van der Waals surface area contributed by atoms with Crippen LogP contribution in [0.3, 0.4) is 0 Å². The standard InChI is InChI=1S/C14H20ClNO/c1-11-9-13(10-12(2)14(11)15)17-8-7-16-5-3-4-6-16/h9-10H,3-8H2,1-2H3. The molecule has 1 heterocycles. The van der Waals surface area contributed by atoms with E-state index in [9.17, 15) is 0 Å². The Bertz CT molecular complexity index is 363. The summed E-state index contributed by atoms with van der Waals surface area (Å²) in [4.78, 5) is 2.45. The van der Waals surface area contributed by atoms with E-state index in [1.165, 1.54) is 25.9 Å². The Morgan fingerprint density at radius 1 is 1.18 bits per heavy atom. The van der Waals surface area contributed by atoms with Crippen molar-refractivity contribution in [3.63, 3.8) is 0 Å². The summed E-state index contributed by atoms with van der Waals surface area (Å²) in [5.41, 5.74) is 2.17. The third-order valence-electron chi connectivity index (χ3n) is 3.28. The molecule has 0 N–H and O–H groups in total. The maximum absolute atomic E-state index is 6.12. The average molecular weight is 254 g/mol. The lowest BCUT2D eigenvalue weighted by molar-refractivity contribution is 0.237. The smallest absolute Gasteiger partial charge is 0.119 e. The van der Waals surface area contributed by atoms with Crippen LogP contribution in [-0.4, -0.2) is 31.1 Å². The minimum absolute atomic E-state index is 0.764. The Kier molecular flexibility index (Phi) is 4.30. The number of rotatable bonds is 4. The normalized spacial score (nSPS) is 16.4. The van der Waals surface area contributed by atoms with Gasteiger partial charge in [0.05, 0.1) is 0 Å². The van der Waals surface area contributed by atoms with Crippen molar-refractivity contribution in [3.8, 4) is 5.75 Å². The maximum Gasteiger partial charge on any atom is 0.119 e. The van der Waals surface area contributed by atoms with E-state index in [1.807, 2.05) is 26.0 Å². The van der Waals surface area contributed by atoms with E-state index in [2.05, 4.69) is 4.90 Å². The first kappa shape index (κ1) is 12.7. The van der Waals surface area contributed by atoms with E-state index in [1.54, 1.807) is 0 Å². The highest BCUT2D eigenvalue weighted by Gasteiger charge is 2.11. The lowest BCUT2D eigenvalue weighted by Crippen LogP contribution is -2.25. The first-order chi connectivity index (χ1) is 8.16. The number of hydrogen-bond donors (Lipinski definition) is 0. The molecular weight excluding hydrogens is 234 g/mol. The van der Waals surface area contributed by atoms with Gasteiger partial charge in [-0.1, -0.05) is 11.6 Å². The van der Waals surface area contributed by atoms with Crippen molar-refractivity contribution < 1.29 is 4.74 Å². The van der Waals surface area contributed by atoms with E-state index in [4.69, 9.17) is 16.3 Å². The Balaban J connectivity index is 1.86. The second kappa shape index (κ2) is 5.74. The molecule has 1 aromatic rings. The number of ether oxygens (including phenoxy) is 1. The van der Waals surface area contributed by atoms with Gasteiger partial charge in [-0.3, -0.25) is 4.90 Å². The van der Waals surface area contributed by atoms with Crippen LogP contribution in [0.5, 0.6) is 5.75 Å². The summed E-state index contributed by atoms with van der Waals surface area (Å²) < 4.78 is 5.78. The highest BCUT2D eigenvalue weighted by Crippen LogP contribution is 2.25. The number of halogens is 1. The van der Waals surface area contributed by atoms with Crippen LogP contribution < -0.4 is 4.74 Å². The molecule has 94 valence electrons. The van der Waals surface area contributed by atoms with Crippen molar-refractivity contribution in [1.29, 1.82) is 0 Å². The molecule has 0 bridgehead atoms. The molecule has 0 unspecified atom stereocenters. The fraction of sp³-hybridized carbons (Fsp3) is 0.571. The van der Waals surface area contributed by atoms with Gasteiger partial charge in [-0.15, -0.1) is 0 Å². The predicted molar refractivity (Wildman–Crippen MR) is 72.1 cm³/mol. The van der Waals surface area contributed by atoms with E-state index < -0.39 is 0 Å². The molecule has 1 aromatic carbocycles. The van der Waals surface area contributed by atoms with Crippen LogP contribution in [0.2, 0.25) is 5.02 Å². The Hall–Kier alpha value is -0.730. The Morgan fingerprint density at radius 3 is 2.35 bits per heavy atom. The van der Waals surface area contributed by atoms with E-state index >= 15 is 0 Å². The van der Waals surface area contributed by atoms with Crippen molar-refractivity contribution >= 4 is 11.6 Å². The van der Waals surface area contributed by atoms with E-state index in [0.717, 1.165) is 35.1 Å². The van der Waals surface area contributed by atoms with Gasteiger partial charge in [0.15, 0.2) is 0 Å². The van der Waals surface area contributed by atoms with Crippen LogP contribution in [0.15, 0.2) is 12.1 Å². The highest BCUT2D eigenvalue weighted by molar-refractivity contribution is 6.32. The molecule has 2 nitrogen and oxygen atoms in total. The second-order valence-electron chi connectivity index (χ2n) is 4.77. The molecular formula is C14H20ClNO. The van der Waals surface area contributed by atoms with Crippen molar-refractivity contribution in [2.24, 2.45) is 0 Å². The summed E-state index contributed by atoms with van der Waals surface area (Å²) in [6.45, 7) is 8.27. The molecule has 17 heavy (non-hydrogen) atoms. The van der Waals surface area contributed by atoms with Gasteiger partial charge in [-0.2, -0.15) is 0 Å². The molecule has 1 aliphatic rings. The van der Waals surface area contributed by atoms with Crippen LogP contribution in [0.1, 0.15) is 24.0 Å². The fourth-order valence-corrected chi connectivity index (χ4v) is 2.40. The number of aryl methyl sites for hydroxylation is 2. The molecule has 1 saturated heterocycles. The van der Waals surface area contributed by atoms with Crippen LogP contribution in [0.4, 0.5) is 0 Å². The van der Waals surface area contributed by atoms with Gasteiger partial charge in [0.25, 0.3) is 0 Å². The van der Waals surface area contributed by atoms with Crippen LogP contribution in [0, 0.1) is 13.8 Å². The summed E-state index contributed by atoms with van der Waals surface area (Å²) >= 11 is 6.12. The second-order valence-corrected chi connectivity index (χ2v) is 5.15. The predicted octanol–water partition coefficient (Wildman–Crippen LogP) is 3.43. The maximum atomic E-state index is 6.12. The minimum atomic E-state index is 0.764. The number of nitrogens with zero attached hydrogens (tertiary/aromatic N) is 1. The van der Waals surface area contributed by atoms with E-state index in [-0.39, 0.29) is 0 Å². The number of benzene rings is 1. The zero-order valence-corrected chi connectivity index (χ0v) is 11.4. The van der Waals surface area contributed by atoms with Crippen molar-refractivity contribution in [2.75, 3.05) is 26.2 Å². The molecule has 0 amide bonds. The SMILES string of the molecule is Cc1cc(OCCN2CCCC2)cc(C)c1Cl.